The van der Waals surface area contributed by atoms with Gasteiger partial charge in [-0.1, -0.05) is 31.2 Å². The summed E-state index contributed by atoms with van der Waals surface area (Å²) in [4.78, 5) is 14.3. The number of nitrogens with zero attached hydrogens (tertiary/aromatic N) is 1. The van der Waals surface area contributed by atoms with Crippen molar-refractivity contribution in [2.45, 2.75) is 45.7 Å². The van der Waals surface area contributed by atoms with Gasteiger partial charge in [-0.05, 0) is 68.3 Å². The SMILES string of the molecule is CC1CCN(Cc2ccc(CNC(=O)CNCC3CC3)cc2)CC1.Cl.Cl. The van der Waals surface area contributed by atoms with Crippen LogP contribution in [0.3, 0.4) is 0 Å². The van der Waals surface area contributed by atoms with Gasteiger partial charge in [0.1, 0.15) is 0 Å². The summed E-state index contributed by atoms with van der Waals surface area (Å²) in [5.74, 6) is 1.78. The lowest BCUT2D eigenvalue weighted by atomic mass is 9.99. The molecule has 0 aromatic heterocycles. The molecule has 0 atom stereocenters. The Morgan fingerprint density at radius 2 is 1.65 bits per heavy atom. The minimum absolute atomic E-state index is 0. The molecule has 0 bridgehead atoms. The molecule has 1 heterocycles. The van der Waals surface area contributed by atoms with Crippen LogP contribution in [-0.2, 0) is 17.9 Å². The van der Waals surface area contributed by atoms with E-state index in [2.05, 4.69) is 46.7 Å². The molecule has 2 N–H and O–H groups in total. The maximum atomic E-state index is 11.8. The van der Waals surface area contributed by atoms with E-state index in [1.807, 2.05) is 0 Å². The number of hydrogen-bond acceptors (Lipinski definition) is 3. The summed E-state index contributed by atoms with van der Waals surface area (Å²) < 4.78 is 0. The lowest BCUT2D eigenvalue weighted by Gasteiger charge is -2.30. The van der Waals surface area contributed by atoms with Gasteiger partial charge in [0.25, 0.3) is 0 Å². The molecule has 1 amide bonds. The van der Waals surface area contributed by atoms with Crippen molar-refractivity contribution < 1.29 is 4.79 Å². The smallest absolute Gasteiger partial charge is 0.234 e. The third kappa shape index (κ3) is 8.26. The Labute approximate surface area is 170 Å². The van der Waals surface area contributed by atoms with Crippen molar-refractivity contribution >= 4 is 30.7 Å². The number of carbonyl (C=O) groups excluding carboxylic acids is 1. The fraction of sp³-hybridized carbons (Fsp3) is 0.650. The Bertz CT molecular complexity index is 526. The Morgan fingerprint density at radius 3 is 2.27 bits per heavy atom. The van der Waals surface area contributed by atoms with Gasteiger partial charge in [0, 0.05) is 13.1 Å². The number of halogens is 2. The summed E-state index contributed by atoms with van der Waals surface area (Å²) in [6.45, 7) is 7.86. The normalized spacial score (nSPS) is 17.9. The molecule has 2 fully saturated rings. The third-order valence-electron chi connectivity index (χ3n) is 5.21. The van der Waals surface area contributed by atoms with E-state index in [9.17, 15) is 4.79 Å². The summed E-state index contributed by atoms with van der Waals surface area (Å²) in [5, 5.41) is 6.21. The van der Waals surface area contributed by atoms with Crippen LogP contribution in [-0.4, -0.2) is 37.0 Å². The van der Waals surface area contributed by atoms with Crippen LogP contribution < -0.4 is 10.6 Å². The number of likely N-dealkylation sites (tertiary alicyclic amines) is 1. The summed E-state index contributed by atoms with van der Waals surface area (Å²) in [7, 11) is 0. The number of benzene rings is 1. The van der Waals surface area contributed by atoms with Gasteiger partial charge in [0.05, 0.1) is 6.54 Å². The predicted octanol–water partition coefficient (Wildman–Crippen LogP) is 3.38. The summed E-state index contributed by atoms with van der Waals surface area (Å²) >= 11 is 0. The Hall–Kier alpha value is -0.810. The van der Waals surface area contributed by atoms with Crippen LogP contribution in [0.2, 0.25) is 0 Å². The zero-order valence-corrected chi connectivity index (χ0v) is 17.3. The first-order valence-electron chi connectivity index (χ1n) is 9.46. The average Bonchev–Trinajstić information content (AvgIpc) is 3.41. The molecular formula is C20H33Cl2N3O. The first-order valence-corrected chi connectivity index (χ1v) is 9.46. The molecule has 6 heteroatoms. The maximum Gasteiger partial charge on any atom is 0.234 e. The predicted molar refractivity (Wildman–Crippen MR) is 112 cm³/mol. The monoisotopic (exact) mass is 401 g/mol. The average molecular weight is 402 g/mol. The third-order valence-corrected chi connectivity index (χ3v) is 5.21. The van der Waals surface area contributed by atoms with Gasteiger partial charge in [-0.15, -0.1) is 24.8 Å². The van der Waals surface area contributed by atoms with E-state index in [1.54, 1.807) is 0 Å². The molecule has 0 spiro atoms. The van der Waals surface area contributed by atoms with Gasteiger partial charge in [-0.2, -0.15) is 0 Å². The van der Waals surface area contributed by atoms with Gasteiger partial charge in [-0.3, -0.25) is 9.69 Å². The van der Waals surface area contributed by atoms with E-state index in [0.29, 0.717) is 13.1 Å². The number of nitrogens with one attached hydrogen (secondary N) is 2. The minimum Gasteiger partial charge on any atom is -0.351 e. The zero-order valence-electron chi connectivity index (χ0n) is 15.7. The highest BCUT2D eigenvalue weighted by Gasteiger charge is 2.20. The topological polar surface area (TPSA) is 44.4 Å². The summed E-state index contributed by atoms with van der Waals surface area (Å²) in [6.07, 6.45) is 5.27. The van der Waals surface area contributed by atoms with Crippen molar-refractivity contribution in [1.29, 1.82) is 0 Å². The van der Waals surface area contributed by atoms with Gasteiger partial charge in [0.15, 0.2) is 0 Å². The molecule has 1 saturated carbocycles. The van der Waals surface area contributed by atoms with Gasteiger partial charge in [0.2, 0.25) is 5.91 Å². The van der Waals surface area contributed by atoms with Crippen LogP contribution >= 0.6 is 24.8 Å². The molecule has 2 aliphatic rings. The summed E-state index contributed by atoms with van der Waals surface area (Å²) in [5.41, 5.74) is 2.53. The lowest BCUT2D eigenvalue weighted by Crippen LogP contribution is -2.34. The molecule has 1 aliphatic heterocycles. The second kappa shape index (κ2) is 11.8. The summed E-state index contributed by atoms with van der Waals surface area (Å²) in [6, 6.07) is 8.68. The van der Waals surface area contributed by atoms with Crippen LogP contribution in [0, 0.1) is 11.8 Å². The first kappa shape index (κ1) is 23.2. The van der Waals surface area contributed by atoms with E-state index < -0.39 is 0 Å². The number of amides is 1. The fourth-order valence-corrected chi connectivity index (χ4v) is 3.22. The van der Waals surface area contributed by atoms with Gasteiger partial charge < -0.3 is 10.6 Å². The van der Waals surface area contributed by atoms with Crippen LogP contribution in [0.25, 0.3) is 0 Å². The highest BCUT2D eigenvalue weighted by molar-refractivity contribution is 5.85. The molecule has 1 aromatic rings. The Balaban J connectivity index is 0.00000169. The largest absolute Gasteiger partial charge is 0.351 e. The van der Waals surface area contributed by atoms with Crippen LogP contribution in [0.1, 0.15) is 43.7 Å². The van der Waals surface area contributed by atoms with Gasteiger partial charge in [-0.25, -0.2) is 0 Å². The molecule has 1 aliphatic carbocycles. The second-order valence-corrected chi connectivity index (χ2v) is 7.63. The quantitative estimate of drug-likeness (QED) is 0.701. The van der Waals surface area contributed by atoms with Crippen molar-refractivity contribution in [3.05, 3.63) is 35.4 Å². The fourth-order valence-electron chi connectivity index (χ4n) is 3.22. The molecule has 4 nitrogen and oxygen atoms in total. The number of piperidine rings is 1. The Kier molecular flexibility index (Phi) is 10.6. The molecule has 26 heavy (non-hydrogen) atoms. The van der Waals surface area contributed by atoms with E-state index in [0.717, 1.165) is 24.9 Å². The molecular weight excluding hydrogens is 369 g/mol. The minimum atomic E-state index is 0. The number of rotatable bonds is 8. The van der Waals surface area contributed by atoms with Crippen LogP contribution in [0.5, 0.6) is 0 Å². The van der Waals surface area contributed by atoms with Crippen LogP contribution in [0.15, 0.2) is 24.3 Å². The molecule has 0 unspecified atom stereocenters. The van der Waals surface area contributed by atoms with Crippen molar-refractivity contribution in [2.24, 2.45) is 11.8 Å². The molecule has 1 saturated heterocycles. The number of hydrogen-bond donors (Lipinski definition) is 2. The second-order valence-electron chi connectivity index (χ2n) is 7.63. The highest BCUT2D eigenvalue weighted by Crippen LogP contribution is 2.27. The van der Waals surface area contributed by atoms with E-state index in [1.165, 1.54) is 49.9 Å². The van der Waals surface area contributed by atoms with E-state index >= 15 is 0 Å². The van der Waals surface area contributed by atoms with Crippen molar-refractivity contribution in [2.75, 3.05) is 26.2 Å². The number of carbonyl (C=O) groups is 1. The molecule has 3 rings (SSSR count). The van der Waals surface area contributed by atoms with Crippen LogP contribution in [0.4, 0.5) is 0 Å². The van der Waals surface area contributed by atoms with Gasteiger partial charge >= 0.3 is 0 Å². The standard InChI is InChI=1S/C20H31N3O.2ClH/c1-16-8-10-23(11-9-16)15-19-6-4-18(5-7-19)13-22-20(24)14-21-12-17-2-3-17;;/h4-7,16-17,21H,2-3,8-15H2,1H3,(H,22,24);2*1H. The molecule has 148 valence electrons. The molecule has 1 aromatic carbocycles. The van der Waals surface area contributed by atoms with E-state index in [-0.39, 0.29) is 30.7 Å². The maximum absolute atomic E-state index is 11.8. The molecule has 0 radical (unpaired) electrons. The Morgan fingerprint density at radius 1 is 1.04 bits per heavy atom. The van der Waals surface area contributed by atoms with Crippen molar-refractivity contribution in [3.8, 4) is 0 Å². The van der Waals surface area contributed by atoms with Crippen molar-refractivity contribution in [1.82, 2.24) is 15.5 Å². The first-order chi connectivity index (χ1) is 11.7. The zero-order chi connectivity index (χ0) is 16.8. The van der Waals surface area contributed by atoms with E-state index in [4.69, 9.17) is 0 Å². The highest BCUT2D eigenvalue weighted by atomic mass is 35.5. The van der Waals surface area contributed by atoms with Crippen molar-refractivity contribution in [3.63, 3.8) is 0 Å². The lowest BCUT2D eigenvalue weighted by molar-refractivity contribution is -0.120.